The molecule has 1 atom stereocenters. The van der Waals surface area contributed by atoms with Crippen molar-refractivity contribution < 1.29 is 0 Å². The fourth-order valence-corrected chi connectivity index (χ4v) is 2.65. The van der Waals surface area contributed by atoms with Crippen molar-refractivity contribution in [3.63, 3.8) is 0 Å². The molecule has 1 rings (SSSR count). The number of hydrogen-bond acceptors (Lipinski definition) is 5. The zero-order valence-electron chi connectivity index (χ0n) is 7.99. The van der Waals surface area contributed by atoms with Gasteiger partial charge in [-0.1, -0.05) is 25.6 Å². The first kappa shape index (κ1) is 10.9. The average Bonchev–Trinajstić information content (AvgIpc) is 2.64. The van der Waals surface area contributed by atoms with E-state index in [-0.39, 0.29) is 0 Å². The van der Waals surface area contributed by atoms with Crippen LogP contribution in [-0.2, 0) is 0 Å². The first-order valence-electron chi connectivity index (χ1n) is 4.49. The molecule has 0 spiro atoms. The van der Waals surface area contributed by atoms with Crippen molar-refractivity contribution in [3.05, 3.63) is 6.33 Å². The van der Waals surface area contributed by atoms with Crippen LogP contribution in [0.4, 0.5) is 0 Å². The summed E-state index contributed by atoms with van der Waals surface area (Å²) in [5.74, 6) is 1.08. The van der Waals surface area contributed by atoms with Gasteiger partial charge in [0.15, 0.2) is 4.34 Å². The summed E-state index contributed by atoms with van der Waals surface area (Å²) in [6.45, 7) is 5.38. The summed E-state index contributed by atoms with van der Waals surface area (Å²) in [6.07, 6.45) is 2.78. The van der Waals surface area contributed by atoms with Gasteiger partial charge < -0.3 is 5.32 Å². The lowest BCUT2D eigenvalue weighted by Crippen LogP contribution is -2.30. The van der Waals surface area contributed by atoms with Gasteiger partial charge in [-0.2, -0.15) is 4.37 Å². The van der Waals surface area contributed by atoms with E-state index in [1.165, 1.54) is 18.0 Å². The van der Waals surface area contributed by atoms with Gasteiger partial charge in [-0.15, -0.1) is 0 Å². The number of aromatic nitrogens is 2. The summed E-state index contributed by atoms with van der Waals surface area (Å²) in [5, 5.41) is 3.43. The molecule has 0 aliphatic carbocycles. The Morgan fingerprint density at radius 3 is 3.00 bits per heavy atom. The van der Waals surface area contributed by atoms with Crippen LogP contribution in [0.15, 0.2) is 10.7 Å². The molecular formula is C8H15N3S2. The van der Waals surface area contributed by atoms with Gasteiger partial charge in [0.2, 0.25) is 0 Å². The van der Waals surface area contributed by atoms with Crippen molar-refractivity contribution >= 4 is 23.3 Å². The molecule has 3 nitrogen and oxygen atoms in total. The summed E-state index contributed by atoms with van der Waals surface area (Å²) < 4.78 is 5.03. The standard InChI is InChI=1S/C8H15N3S2/c1-3-7(9-4-2)5-12-8-10-6-11-13-8/h6-7,9H,3-5H2,1-2H3. The number of rotatable bonds is 6. The molecule has 0 fully saturated rings. The van der Waals surface area contributed by atoms with Crippen LogP contribution in [0.3, 0.4) is 0 Å². The minimum absolute atomic E-state index is 0.596. The molecule has 0 saturated carbocycles. The number of hydrogen-bond donors (Lipinski definition) is 1. The van der Waals surface area contributed by atoms with E-state index in [4.69, 9.17) is 0 Å². The van der Waals surface area contributed by atoms with E-state index in [2.05, 4.69) is 28.5 Å². The molecule has 74 valence electrons. The highest BCUT2D eigenvalue weighted by Crippen LogP contribution is 2.19. The number of thioether (sulfide) groups is 1. The van der Waals surface area contributed by atoms with Gasteiger partial charge in [0, 0.05) is 11.8 Å². The van der Waals surface area contributed by atoms with Crippen molar-refractivity contribution in [3.8, 4) is 0 Å². The topological polar surface area (TPSA) is 37.8 Å². The molecule has 1 aromatic rings. The van der Waals surface area contributed by atoms with Gasteiger partial charge >= 0.3 is 0 Å². The molecule has 1 unspecified atom stereocenters. The van der Waals surface area contributed by atoms with Crippen molar-refractivity contribution in [2.45, 2.75) is 30.6 Å². The lowest BCUT2D eigenvalue weighted by atomic mass is 10.2. The Kier molecular flexibility index (Phi) is 5.34. The van der Waals surface area contributed by atoms with Crippen LogP contribution in [0.2, 0.25) is 0 Å². The Bertz CT molecular complexity index is 213. The lowest BCUT2D eigenvalue weighted by Gasteiger charge is -2.13. The predicted molar refractivity (Wildman–Crippen MR) is 58.4 cm³/mol. The quantitative estimate of drug-likeness (QED) is 0.740. The van der Waals surface area contributed by atoms with Crippen LogP contribution in [0.5, 0.6) is 0 Å². The Hall–Kier alpha value is -0.130. The molecule has 0 aliphatic rings. The van der Waals surface area contributed by atoms with E-state index in [9.17, 15) is 0 Å². The fraction of sp³-hybridized carbons (Fsp3) is 0.750. The van der Waals surface area contributed by atoms with Crippen LogP contribution >= 0.6 is 23.3 Å². The fourth-order valence-electron chi connectivity index (χ4n) is 1.01. The zero-order valence-corrected chi connectivity index (χ0v) is 9.62. The average molecular weight is 217 g/mol. The monoisotopic (exact) mass is 217 g/mol. The third-order valence-corrected chi connectivity index (χ3v) is 3.69. The van der Waals surface area contributed by atoms with Crippen LogP contribution < -0.4 is 5.32 Å². The molecule has 13 heavy (non-hydrogen) atoms. The molecule has 0 amide bonds. The van der Waals surface area contributed by atoms with Crippen LogP contribution in [0, 0.1) is 0 Å². The second-order valence-electron chi connectivity index (χ2n) is 2.68. The van der Waals surface area contributed by atoms with E-state index in [0.29, 0.717) is 6.04 Å². The van der Waals surface area contributed by atoms with Crippen molar-refractivity contribution in [1.29, 1.82) is 0 Å². The molecule has 1 heterocycles. The van der Waals surface area contributed by atoms with E-state index in [1.807, 2.05) is 0 Å². The Morgan fingerprint density at radius 1 is 1.62 bits per heavy atom. The number of nitrogens with one attached hydrogen (secondary N) is 1. The Balaban J connectivity index is 2.23. The molecule has 0 saturated heterocycles. The molecule has 0 radical (unpaired) electrons. The molecule has 0 bridgehead atoms. The van der Waals surface area contributed by atoms with Gasteiger partial charge in [-0.05, 0) is 24.5 Å². The highest BCUT2D eigenvalue weighted by atomic mass is 32.2. The normalized spacial score (nSPS) is 13.1. The lowest BCUT2D eigenvalue weighted by molar-refractivity contribution is 0.560. The molecule has 1 aromatic heterocycles. The smallest absolute Gasteiger partial charge is 0.169 e. The summed E-state index contributed by atoms with van der Waals surface area (Å²) >= 11 is 3.25. The van der Waals surface area contributed by atoms with E-state index < -0.39 is 0 Å². The zero-order chi connectivity index (χ0) is 9.52. The van der Waals surface area contributed by atoms with Crippen molar-refractivity contribution in [1.82, 2.24) is 14.7 Å². The summed E-state index contributed by atoms with van der Waals surface area (Å²) in [5.41, 5.74) is 0. The summed E-state index contributed by atoms with van der Waals surface area (Å²) in [4.78, 5) is 4.13. The highest BCUT2D eigenvalue weighted by molar-refractivity contribution is 8.00. The van der Waals surface area contributed by atoms with Crippen LogP contribution in [0.1, 0.15) is 20.3 Å². The van der Waals surface area contributed by atoms with Gasteiger partial charge in [-0.3, -0.25) is 0 Å². The number of nitrogens with zero attached hydrogens (tertiary/aromatic N) is 2. The predicted octanol–water partition coefficient (Wildman–Crippen LogP) is 2.02. The Labute approximate surface area is 87.5 Å². The van der Waals surface area contributed by atoms with E-state index in [0.717, 1.165) is 16.6 Å². The largest absolute Gasteiger partial charge is 0.313 e. The highest BCUT2D eigenvalue weighted by Gasteiger charge is 2.06. The maximum absolute atomic E-state index is 4.13. The maximum atomic E-state index is 4.13. The van der Waals surface area contributed by atoms with Gasteiger partial charge in [-0.25, -0.2) is 4.98 Å². The molecule has 0 aromatic carbocycles. The summed E-state index contributed by atoms with van der Waals surface area (Å²) in [7, 11) is 0. The van der Waals surface area contributed by atoms with Gasteiger partial charge in [0.25, 0.3) is 0 Å². The Morgan fingerprint density at radius 2 is 2.46 bits per heavy atom. The third kappa shape index (κ3) is 4.06. The van der Waals surface area contributed by atoms with Gasteiger partial charge in [0.05, 0.1) is 0 Å². The minimum atomic E-state index is 0.596. The van der Waals surface area contributed by atoms with E-state index >= 15 is 0 Å². The second-order valence-corrected chi connectivity index (χ2v) is 4.73. The minimum Gasteiger partial charge on any atom is -0.313 e. The first-order chi connectivity index (χ1) is 6.36. The SMILES string of the molecule is CCNC(CC)CSc1ncns1. The van der Waals surface area contributed by atoms with Crippen LogP contribution in [-0.4, -0.2) is 27.7 Å². The van der Waals surface area contributed by atoms with Crippen molar-refractivity contribution in [2.24, 2.45) is 0 Å². The van der Waals surface area contributed by atoms with Gasteiger partial charge in [0.1, 0.15) is 6.33 Å². The third-order valence-electron chi connectivity index (χ3n) is 1.73. The molecule has 5 heteroatoms. The molecule has 1 N–H and O–H groups in total. The van der Waals surface area contributed by atoms with Crippen LogP contribution in [0.25, 0.3) is 0 Å². The second kappa shape index (κ2) is 6.34. The first-order valence-corrected chi connectivity index (χ1v) is 6.25. The molecular weight excluding hydrogens is 202 g/mol. The maximum Gasteiger partial charge on any atom is 0.169 e. The molecule has 0 aliphatic heterocycles. The summed E-state index contributed by atoms with van der Waals surface area (Å²) in [6, 6.07) is 0.596. The van der Waals surface area contributed by atoms with E-state index in [1.54, 1.807) is 18.1 Å². The van der Waals surface area contributed by atoms with Crippen molar-refractivity contribution in [2.75, 3.05) is 12.3 Å².